The molecule has 2 unspecified atom stereocenters. The van der Waals surface area contributed by atoms with Crippen LogP contribution in [0.2, 0.25) is 10.0 Å². The standard InChI is InChI=1S/C22H19Cl2N3O5S/c23-15-6-5-12(9-16(15)24)10-17-21(31)26(22(32)33-17)8-7-25-18(28)11-27-19(29)13-3-1-2-4-14(13)20(27)30/h1-2,5-6,9-10,13-14H,3-4,7-8,11H2,(H,25,28)/b17-10+. The van der Waals surface area contributed by atoms with Crippen LogP contribution in [0.4, 0.5) is 4.79 Å². The molecule has 5 amide bonds. The molecule has 4 rings (SSSR count). The van der Waals surface area contributed by atoms with Crippen LogP contribution in [-0.2, 0) is 19.2 Å². The molecule has 0 bridgehead atoms. The molecule has 3 aliphatic rings. The van der Waals surface area contributed by atoms with Gasteiger partial charge < -0.3 is 5.32 Å². The summed E-state index contributed by atoms with van der Waals surface area (Å²) in [6, 6.07) is 4.86. The lowest BCUT2D eigenvalue weighted by Crippen LogP contribution is -2.43. The second-order valence-corrected chi connectivity index (χ2v) is 9.58. The van der Waals surface area contributed by atoms with Gasteiger partial charge >= 0.3 is 0 Å². The number of carbonyl (C=O) groups excluding carboxylic acids is 5. The smallest absolute Gasteiger partial charge is 0.293 e. The first-order valence-electron chi connectivity index (χ1n) is 10.2. The Labute approximate surface area is 203 Å². The minimum absolute atomic E-state index is 0.00155. The molecule has 11 heteroatoms. The Morgan fingerprint density at radius 3 is 2.33 bits per heavy atom. The number of nitrogens with zero attached hydrogens (tertiary/aromatic N) is 2. The molecule has 0 saturated carbocycles. The number of hydrogen-bond acceptors (Lipinski definition) is 6. The van der Waals surface area contributed by atoms with Crippen LogP contribution < -0.4 is 5.32 Å². The minimum Gasteiger partial charge on any atom is -0.353 e. The third kappa shape index (κ3) is 4.85. The van der Waals surface area contributed by atoms with E-state index in [0.717, 1.165) is 21.6 Å². The maximum absolute atomic E-state index is 12.6. The van der Waals surface area contributed by atoms with Crippen LogP contribution >= 0.6 is 35.0 Å². The first-order chi connectivity index (χ1) is 15.8. The normalized spacial score (nSPS) is 23.6. The molecule has 2 heterocycles. The number of halogens is 2. The van der Waals surface area contributed by atoms with Gasteiger partial charge in [-0.05, 0) is 48.4 Å². The predicted octanol–water partition coefficient (Wildman–Crippen LogP) is 3.10. The van der Waals surface area contributed by atoms with E-state index in [9.17, 15) is 24.0 Å². The summed E-state index contributed by atoms with van der Waals surface area (Å²) in [4.78, 5) is 64.3. The second-order valence-electron chi connectivity index (χ2n) is 7.78. The van der Waals surface area contributed by atoms with Gasteiger partial charge in [0.1, 0.15) is 6.54 Å². The fourth-order valence-electron chi connectivity index (χ4n) is 3.98. The van der Waals surface area contributed by atoms with Crippen molar-refractivity contribution in [3.8, 4) is 0 Å². The molecule has 2 fully saturated rings. The molecule has 172 valence electrons. The van der Waals surface area contributed by atoms with E-state index in [0.29, 0.717) is 28.5 Å². The number of fused-ring (bicyclic) bond motifs is 1. The van der Waals surface area contributed by atoms with Crippen molar-refractivity contribution in [3.63, 3.8) is 0 Å². The number of benzene rings is 1. The number of likely N-dealkylation sites (tertiary alicyclic amines) is 1. The highest BCUT2D eigenvalue weighted by atomic mass is 35.5. The van der Waals surface area contributed by atoms with Gasteiger partial charge in [-0.2, -0.15) is 0 Å². The van der Waals surface area contributed by atoms with Gasteiger partial charge in [0.05, 0.1) is 26.8 Å². The Hall–Kier alpha value is -2.62. The summed E-state index contributed by atoms with van der Waals surface area (Å²) in [5, 5.41) is 2.83. The Balaban J connectivity index is 1.30. The molecule has 2 saturated heterocycles. The SMILES string of the molecule is O=C(CN1C(=O)C2CC=CCC2C1=O)NCCN1C(=O)S/C(=C/c2ccc(Cl)c(Cl)c2)C1=O. The zero-order valence-electron chi connectivity index (χ0n) is 17.3. The molecule has 0 aromatic heterocycles. The molecule has 0 spiro atoms. The van der Waals surface area contributed by atoms with Gasteiger partial charge in [-0.1, -0.05) is 41.4 Å². The first kappa shape index (κ1) is 23.5. The monoisotopic (exact) mass is 507 g/mol. The molecule has 1 aliphatic carbocycles. The van der Waals surface area contributed by atoms with Crippen molar-refractivity contribution in [1.82, 2.24) is 15.1 Å². The zero-order chi connectivity index (χ0) is 23.7. The van der Waals surface area contributed by atoms with Gasteiger partial charge in [0.15, 0.2) is 0 Å². The van der Waals surface area contributed by atoms with Crippen molar-refractivity contribution in [3.05, 3.63) is 50.9 Å². The highest BCUT2D eigenvalue weighted by molar-refractivity contribution is 8.18. The van der Waals surface area contributed by atoms with Crippen molar-refractivity contribution in [2.24, 2.45) is 11.8 Å². The Morgan fingerprint density at radius 2 is 1.70 bits per heavy atom. The van der Waals surface area contributed by atoms with Gasteiger partial charge in [0.25, 0.3) is 11.1 Å². The van der Waals surface area contributed by atoms with E-state index in [-0.39, 0.29) is 36.4 Å². The van der Waals surface area contributed by atoms with E-state index < -0.39 is 28.9 Å². The van der Waals surface area contributed by atoms with Crippen molar-refractivity contribution in [1.29, 1.82) is 0 Å². The third-order valence-corrected chi connectivity index (χ3v) is 7.32. The number of hydrogen-bond donors (Lipinski definition) is 1. The predicted molar refractivity (Wildman–Crippen MR) is 124 cm³/mol. The molecule has 1 aromatic rings. The van der Waals surface area contributed by atoms with Gasteiger partial charge in [0.2, 0.25) is 17.7 Å². The lowest BCUT2D eigenvalue weighted by Gasteiger charge is -2.16. The van der Waals surface area contributed by atoms with E-state index >= 15 is 0 Å². The fourth-order valence-corrected chi connectivity index (χ4v) is 5.15. The van der Waals surface area contributed by atoms with E-state index in [1.54, 1.807) is 24.3 Å². The number of imide groups is 2. The lowest BCUT2D eigenvalue weighted by atomic mass is 9.85. The van der Waals surface area contributed by atoms with Crippen molar-refractivity contribution < 1.29 is 24.0 Å². The molecule has 1 aromatic carbocycles. The summed E-state index contributed by atoms with van der Waals surface area (Å²) in [6.07, 6.45) is 6.31. The average molecular weight is 508 g/mol. The molecular formula is C22H19Cl2N3O5S. The van der Waals surface area contributed by atoms with Gasteiger partial charge in [-0.25, -0.2) is 0 Å². The van der Waals surface area contributed by atoms with E-state index in [1.807, 2.05) is 12.2 Å². The molecule has 0 radical (unpaired) electrons. The second kappa shape index (κ2) is 9.70. The Kier molecular flexibility index (Phi) is 6.92. The summed E-state index contributed by atoms with van der Waals surface area (Å²) in [6.45, 7) is -0.405. The first-order valence-corrected chi connectivity index (χ1v) is 11.8. The summed E-state index contributed by atoms with van der Waals surface area (Å²) in [7, 11) is 0. The van der Waals surface area contributed by atoms with Crippen molar-refractivity contribution in [2.45, 2.75) is 12.8 Å². The quantitative estimate of drug-likeness (QED) is 0.360. The van der Waals surface area contributed by atoms with E-state index in [2.05, 4.69) is 5.32 Å². The summed E-state index contributed by atoms with van der Waals surface area (Å²) < 4.78 is 0. The fraction of sp³-hybridized carbons (Fsp3) is 0.318. The molecule has 8 nitrogen and oxygen atoms in total. The van der Waals surface area contributed by atoms with E-state index in [1.165, 1.54) is 0 Å². The maximum Gasteiger partial charge on any atom is 0.293 e. The molecule has 2 atom stereocenters. The number of allylic oxidation sites excluding steroid dienone is 2. The zero-order valence-corrected chi connectivity index (χ0v) is 19.6. The Bertz CT molecular complexity index is 1090. The Morgan fingerprint density at radius 1 is 1.03 bits per heavy atom. The largest absolute Gasteiger partial charge is 0.353 e. The van der Waals surface area contributed by atoms with Crippen LogP contribution in [0.5, 0.6) is 0 Å². The van der Waals surface area contributed by atoms with Crippen LogP contribution in [0.15, 0.2) is 35.3 Å². The number of carbonyl (C=O) groups is 5. The van der Waals surface area contributed by atoms with Gasteiger partial charge in [-0.3, -0.25) is 33.8 Å². The van der Waals surface area contributed by atoms with Crippen LogP contribution in [0.25, 0.3) is 6.08 Å². The lowest BCUT2D eigenvalue weighted by molar-refractivity contribution is -0.143. The highest BCUT2D eigenvalue weighted by Crippen LogP contribution is 2.35. The van der Waals surface area contributed by atoms with Crippen LogP contribution in [0.1, 0.15) is 18.4 Å². The molecular weight excluding hydrogens is 489 g/mol. The third-order valence-electron chi connectivity index (χ3n) is 5.67. The number of thioether (sulfide) groups is 1. The van der Waals surface area contributed by atoms with Crippen LogP contribution in [0.3, 0.4) is 0 Å². The molecule has 2 aliphatic heterocycles. The van der Waals surface area contributed by atoms with Crippen molar-refractivity contribution in [2.75, 3.05) is 19.6 Å². The number of amides is 5. The summed E-state index contributed by atoms with van der Waals surface area (Å²) >= 11 is 12.7. The minimum atomic E-state index is -0.526. The van der Waals surface area contributed by atoms with Gasteiger partial charge in [0, 0.05) is 13.1 Å². The summed E-state index contributed by atoms with van der Waals surface area (Å²) in [5.74, 6) is -2.46. The number of rotatable bonds is 6. The number of nitrogens with one attached hydrogen (secondary N) is 1. The average Bonchev–Trinajstić information content (AvgIpc) is 3.19. The molecule has 1 N–H and O–H groups in total. The highest BCUT2D eigenvalue weighted by Gasteiger charge is 2.47. The van der Waals surface area contributed by atoms with Crippen LogP contribution in [-0.4, -0.2) is 58.3 Å². The maximum atomic E-state index is 12.6. The van der Waals surface area contributed by atoms with Crippen molar-refractivity contribution >= 4 is 69.9 Å². The topological polar surface area (TPSA) is 104 Å². The van der Waals surface area contributed by atoms with Crippen LogP contribution in [0, 0.1) is 11.8 Å². The van der Waals surface area contributed by atoms with Gasteiger partial charge in [-0.15, -0.1) is 0 Å². The molecule has 33 heavy (non-hydrogen) atoms. The summed E-state index contributed by atoms with van der Waals surface area (Å²) in [5.41, 5.74) is 0.624. The van der Waals surface area contributed by atoms with E-state index in [4.69, 9.17) is 23.2 Å².